The van der Waals surface area contributed by atoms with Crippen LogP contribution in [0.5, 0.6) is 0 Å². The molecule has 2 aliphatic rings. The molecule has 3 heteroatoms. The molecular formula is C18H20ClNO. The summed E-state index contributed by atoms with van der Waals surface area (Å²) >= 11 is 6.50. The molecule has 1 aliphatic heterocycles. The lowest BCUT2D eigenvalue weighted by Crippen LogP contribution is -2.21. The maximum absolute atomic E-state index is 6.50. The van der Waals surface area contributed by atoms with Gasteiger partial charge < -0.3 is 4.74 Å². The van der Waals surface area contributed by atoms with Crippen LogP contribution in [0.2, 0.25) is 0 Å². The topological polar surface area (TPSA) is 21.6 Å². The molecule has 110 valence electrons. The van der Waals surface area contributed by atoms with Gasteiger partial charge in [0.05, 0.1) is 10.4 Å². The molecule has 2 unspecified atom stereocenters. The van der Waals surface area contributed by atoms with Gasteiger partial charge in [-0.25, -0.2) is 4.99 Å². The first kappa shape index (κ1) is 14.4. The largest absolute Gasteiger partial charge is 0.475 e. The Balaban J connectivity index is 2.03. The maximum atomic E-state index is 6.50. The summed E-state index contributed by atoms with van der Waals surface area (Å²) in [7, 11) is 0. The first-order chi connectivity index (χ1) is 9.86. The SMILES string of the molecule is CC1(Cl)C=CC(c2ccccc2)C(C2=NC(C)(C)CO2)=C1. The summed E-state index contributed by atoms with van der Waals surface area (Å²) < 4.78 is 5.84. The molecule has 21 heavy (non-hydrogen) atoms. The number of alkyl halides is 1. The molecule has 1 aromatic rings. The van der Waals surface area contributed by atoms with Crippen LogP contribution in [0.3, 0.4) is 0 Å². The molecule has 2 nitrogen and oxygen atoms in total. The number of allylic oxidation sites excluding steroid dienone is 3. The number of benzene rings is 1. The zero-order valence-corrected chi connectivity index (χ0v) is 13.4. The standard InChI is InChI=1S/C18H20ClNO/c1-17(2)12-21-16(20-17)15-11-18(3,19)10-9-14(15)13-7-5-4-6-8-13/h4-11,14H,12H2,1-3H3. The summed E-state index contributed by atoms with van der Waals surface area (Å²) in [6.07, 6.45) is 6.25. The van der Waals surface area contributed by atoms with Crippen LogP contribution < -0.4 is 0 Å². The molecule has 0 bridgehead atoms. The molecule has 0 spiro atoms. The zero-order chi connectivity index (χ0) is 15.1. The number of halogens is 1. The number of aliphatic imine (C=N–C) groups is 1. The van der Waals surface area contributed by atoms with Crippen LogP contribution in [-0.4, -0.2) is 22.9 Å². The highest BCUT2D eigenvalue weighted by Crippen LogP contribution is 2.38. The van der Waals surface area contributed by atoms with E-state index in [1.54, 1.807) is 0 Å². The van der Waals surface area contributed by atoms with E-state index in [-0.39, 0.29) is 11.5 Å². The molecule has 1 heterocycles. The third-order valence-corrected chi connectivity index (χ3v) is 3.99. The van der Waals surface area contributed by atoms with Crippen LogP contribution in [0.15, 0.2) is 59.1 Å². The summed E-state index contributed by atoms with van der Waals surface area (Å²) in [6, 6.07) is 10.4. The summed E-state index contributed by atoms with van der Waals surface area (Å²) in [5.41, 5.74) is 2.12. The van der Waals surface area contributed by atoms with Crippen molar-refractivity contribution in [2.24, 2.45) is 4.99 Å². The van der Waals surface area contributed by atoms with Gasteiger partial charge in [-0.1, -0.05) is 48.6 Å². The predicted octanol–water partition coefficient (Wildman–Crippen LogP) is 4.47. The van der Waals surface area contributed by atoms with Gasteiger partial charge in [-0.3, -0.25) is 0 Å². The Morgan fingerprint density at radius 1 is 1.19 bits per heavy atom. The summed E-state index contributed by atoms with van der Waals surface area (Å²) in [5.74, 6) is 0.871. The molecule has 3 rings (SSSR count). The van der Waals surface area contributed by atoms with Crippen molar-refractivity contribution in [1.82, 2.24) is 0 Å². The molecule has 0 amide bonds. The van der Waals surface area contributed by atoms with E-state index >= 15 is 0 Å². The second-order valence-corrected chi connectivity index (χ2v) is 7.33. The van der Waals surface area contributed by atoms with E-state index in [1.807, 2.05) is 19.1 Å². The van der Waals surface area contributed by atoms with Gasteiger partial charge in [0.25, 0.3) is 0 Å². The molecule has 2 atom stereocenters. The Morgan fingerprint density at radius 3 is 2.52 bits per heavy atom. The third kappa shape index (κ3) is 3.06. The van der Waals surface area contributed by atoms with Gasteiger partial charge in [0.1, 0.15) is 6.61 Å². The van der Waals surface area contributed by atoms with Crippen LogP contribution >= 0.6 is 11.6 Å². The van der Waals surface area contributed by atoms with Gasteiger partial charge in [0.15, 0.2) is 0 Å². The Kier molecular flexibility index (Phi) is 3.45. The summed E-state index contributed by atoms with van der Waals surface area (Å²) in [4.78, 5) is 4.23. The van der Waals surface area contributed by atoms with Crippen molar-refractivity contribution in [2.75, 3.05) is 6.61 Å². The van der Waals surface area contributed by atoms with E-state index in [0.717, 1.165) is 11.5 Å². The summed E-state index contributed by atoms with van der Waals surface area (Å²) in [5, 5.41) is 0. The molecule has 0 fully saturated rings. The fourth-order valence-electron chi connectivity index (χ4n) is 2.71. The lowest BCUT2D eigenvalue weighted by Gasteiger charge is -2.26. The van der Waals surface area contributed by atoms with Crippen molar-refractivity contribution in [3.05, 3.63) is 59.7 Å². The van der Waals surface area contributed by atoms with Gasteiger partial charge in [0.2, 0.25) is 5.90 Å². The van der Waals surface area contributed by atoms with Crippen molar-refractivity contribution in [2.45, 2.75) is 37.1 Å². The van der Waals surface area contributed by atoms with E-state index in [9.17, 15) is 0 Å². The zero-order valence-electron chi connectivity index (χ0n) is 12.6. The van der Waals surface area contributed by atoms with Gasteiger partial charge in [0, 0.05) is 11.5 Å². The molecule has 0 saturated carbocycles. The van der Waals surface area contributed by atoms with Crippen LogP contribution in [0.25, 0.3) is 0 Å². The number of nitrogens with zero attached hydrogens (tertiary/aromatic N) is 1. The molecule has 1 aliphatic carbocycles. The van der Waals surface area contributed by atoms with Crippen LogP contribution in [0.4, 0.5) is 0 Å². The van der Waals surface area contributed by atoms with Crippen molar-refractivity contribution in [3.8, 4) is 0 Å². The van der Waals surface area contributed by atoms with Crippen LogP contribution in [0.1, 0.15) is 32.3 Å². The van der Waals surface area contributed by atoms with Gasteiger partial charge in [-0.15, -0.1) is 11.6 Å². The summed E-state index contributed by atoms with van der Waals surface area (Å²) in [6.45, 7) is 6.75. The Bertz CT molecular complexity index is 626. The predicted molar refractivity (Wildman–Crippen MR) is 88.1 cm³/mol. The minimum Gasteiger partial charge on any atom is -0.475 e. The number of ether oxygens (including phenoxy) is 1. The number of hydrogen-bond acceptors (Lipinski definition) is 2. The second-order valence-electron chi connectivity index (χ2n) is 6.52. The molecule has 1 aromatic carbocycles. The Hall–Kier alpha value is -1.54. The van der Waals surface area contributed by atoms with Crippen LogP contribution in [-0.2, 0) is 4.74 Å². The van der Waals surface area contributed by atoms with Gasteiger partial charge in [-0.2, -0.15) is 0 Å². The van der Waals surface area contributed by atoms with Crippen molar-refractivity contribution in [1.29, 1.82) is 0 Å². The first-order valence-electron chi connectivity index (χ1n) is 7.25. The lowest BCUT2D eigenvalue weighted by molar-refractivity contribution is 0.278. The molecule has 0 radical (unpaired) electrons. The normalized spacial score (nSPS) is 30.6. The Morgan fingerprint density at radius 2 is 1.90 bits per heavy atom. The van der Waals surface area contributed by atoms with Gasteiger partial charge >= 0.3 is 0 Å². The van der Waals surface area contributed by atoms with E-state index in [2.05, 4.69) is 50.3 Å². The van der Waals surface area contributed by atoms with Gasteiger partial charge in [-0.05, 0) is 26.3 Å². The van der Waals surface area contributed by atoms with E-state index in [1.165, 1.54) is 5.56 Å². The van der Waals surface area contributed by atoms with Crippen molar-refractivity contribution >= 4 is 17.5 Å². The average molecular weight is 302 g/mol. The number of rotatable bonds is 2. The Labute approximate surface area is 131 Å². The minimum absolute atomic E-state index is 0.144. The molecular weight excluding hydrogens is 282 g/mol. The van der Waals surface area contributed by atoms with E-state index in [4.69, 9.17) is 21.3 Å². The fourth-order valence-corrected chi connectivity index (χ4v) is 2.90. The van der Waals surface area contributed by atoms with E-state index < -0.39 is 4.87 Å². The second kappa shape index (κ2) is 5.03. The smallest absolute Gasteiger partial charge is 0.213 e. The quantitative estimate of drug-likeness (QED) is 0.583. The van der Waals surface area contributed by atoms with Crippen molar-refractivity contribution in [3.63, 3.8) is 0 Å². The highest BCUT2D eigenvalue weighted by atomic mass is 35.5. The molecule has 0 saturated heterocycles. The molecule has 0 aromatic heterocycles. The minimum atomic E-state index is -0.487. The van der Waals surface area contributed by atoms with E-state index in [0.29, 0.717) is 6.61 Å². The lowest BCUT2D eigenvalue weighted by atomic mass is 9.84. The number of hydrogen-bond donors (Lipinski definition) is 0. The average Bonchev–Trinajstić information content (AvgIpc) is 2.79. The van der Waals surface area contributed by atoms with Crippen LogP contribution in [0, 0.1) is 0 Å². The highest BCUT2D eigenvalue weighted by molar-refractivity contribution is 6.27. The van der Waals surface area contributed by atoms with Crippen molar-refractivity contribution < 1.29 is 4.74 Å². The molecule has 0 N–H and O–H groups in total. The third-order valence-electron chi connectivity index (χ3n) is 3.76. The fraction of sp³-hybridized carbons (Fsp3) is 0.389. The first-order valence-corrected chi connectivity index (χ1v) is 7.63. The maximum Gasteiger partial charge on any atom is 0.213 e. The highest BCUT2D eigenvalue weighted by Gasteiger charge is 2.34. The monoisotopic (exact) mass is 301 g/mol.